The number of benzene rings is 1. The van der Waals surface area contributed by atoms with Gasteiger partial charge in [-0.3, -0.25) is 0 Å². The molecular formula is C11H12OS2. The van der Waals surface area contributed by atoms with Crippen molar-refractivity contribution in [1.29, 1.82) is 0 Å². The maximum Gasteiger partial charge on any atom is 0.118 e. The van der Waals surface area contributed by atoms with E-state index in [0.717, 1.165) is 5.75 Å². The van der Waals surface area contributed by atoms with Gasteiger partial charge < -0.3 is 4.74 Å². The number of rotatable bonds is 2. The zero-order chi connectivity index (χ0) is 9.80. The van der Waals surface area contributed by atoms with Gasteiger partial charge in [-0.25, -0.2) is 0 Å². The van der Waals surface area contributed by atoms with Crippen molar-refractivity contribution in [3.05, 3.63) is 35.2 Å². The van der Waals surface area contributed by atoms with E-state index < -0.39 is 0 Å². The standard InChI is InChI=1S/C11H12OS2/c1-12-10-4-2-9(3-5-10)11-8-13-6-7-14-11/h2-5,8H,6-7H2,1H3. The van der Waals surface area contributed by atoms with Gasteiger partial charge in [0.1, 0.15) is 5.75 Å². The Morgan fingerprint density at radius 1 is 1.14 bits per heavy atom. The van der Waals surface area contributed by atoms with Crippen molar-refractivity contribution in [3.8, 4) is 5.75 Å². The van der Waals surface area contributed by atoms with Crippen molar-refractivity contribution in [2.24, 2.45) is 0 Å². The minimum Gasteiger partial charge on any atom is -0.497 e. The lowest BCUT2D eigenvalue weighted by Crippen LogP contribution is -1.91. The molecule has 1 nitrogen and oxygen atoms in total. The van der Waals surface area contributed by atoms with Crippen molar-refractivity contribution < 1.29 is 4.74 Å². The minimum atomic E-state index is 0.919. The van der Waals surface area contributed by atoms with Crippen LogP contribution in [-0.4, -0.2) is 18.6 Å². The van der Waals surface area contributed by atoms with Gasteiger partial charge >= 0.3 is 0 Å². The second-order valence-electron chi connectivity index (χ2n) is 2.93. The summed E-state index contributed by atoms with van der Waals surface area (Å²) in [5, 5.41) is 2.25. The normalized spacial score (nSPS) is 16.2. The fourth-order valence-electron chi connectivity index (χ4n) is 1.28. The molecular weight excluding hydrogens is 212 g/mol. The summed E-state index contributed by atoms with van der Waals surface area (Å²) in [6, 6.07) is 8.25. The Bertz CT molecular complexity index is 330. The number of ether oxygens (including phenoxy) is 1. The van der Waals surface area contributed by atoms with Gasteiger partial charge in [0.05, 0.1) is 7.11 Å². The first-order chi connectivity index (χ1) is 6.90. The van der Waals surface area contributed by atoms with E-state index >= 15 is 0 Å². The molecule has 0 amide bonds. The van der Waals surface area contributed by atoms with Crippen LogP contribution in [0, 0.1) is 0 Å². The summed E-state index contributed by atoms with van der Waals surface area (Å²) >= 11 is 3.82. The van der Waals surface area contributed by atoms with Crippen molar-refractivity contribution in [3.63, 3.8) is 0 Å². The first kappa shape index (κ1) is 9.99. The molecule has 14 heavy (non-hydrogen) atoms. The van der Waals surface area contributed by atoms with Crippen LogP contribution in [-0.2, 0) is 0 Å². The monoisotopic (exact) mass is 224 g/mol. The Morgan fingerprint density at radius 3 is 2.50 bits per heavy atom. The lowest BCUT2D eigenvalue weighted by molar-refractivity contribution is 0.415. The number of hydrogen-bond donors (Lipinski definition) is 0. The van der Waals surface area contributed by atoms with E-state index in [4.69, 9.17) is 4.74 Å². The Hall–Kier alpha value is -0.540. The first-order valence-electron chi connectivity index (χ1n) is 4.49. The third-order valence-corrected chi connectivity index (χ3v) is 4.35. The van der Waals surface area contributed by atoms with Crippen LogP contribution < -0.4 is 4.74 Å². The van der Waals surface area contributed by atoms with E-state index in [1.54, 1.807) is 7.11 Å². The Kier molecular flexibility index (Phi) is 3.43. The first-order valence-corrected chi connectivity index (χ1v) is 6.52. The SMILES string of the molecule is COc1ccc(C2=CSCCS2)cc1. The highest BCUT2D eigenvalue weighted by Gasteiger charge is 2.06. The molecule has 2 rings (SSSR count). The van der Waals surface area contributed by atoms with E-state index in [1.807, 2.05) is 35.7 Å². The van der Waals surface area contributed by atoms with Gasteiger partial charge in [0, 0.05) is 16.4 Å². The summed E-state index contributed by atoms with van der Waals surface area (Å²) < 4.78 is 5.13. The highest BCUT2D eigenvalue weighted by molar-refractivity contribution is 8.13. The fraction of sp³-hybridized carbons (Fsp3) is 0.273. The van der Waals surface area contributed by atoms with Crippen LogP contribution in [0.3, 0.4) is 0 Å². The second-order valence-corrected chi connectivity index (χ2v) is 5.04. The Labute approximate surface area is 92.9 Å². The molecule has 0 atom stereocenters. The molecule has 0 aromatic heterocycles. The lowest BCUT2D eigenvalue weighted by atomic mass is 10.2. The molecule has 0 N–H and O–H groups in total. The topological polar surface area (TPSA) is 9.23 Å². The Morgan fingerprint density at radius 2 is 1.93 bits per heavy atom. The molecule has 1 aromatic rings. The van der Waals surface area contributed by atoms with Crippen molar-refractivity contribution in [2.45, 2.75) is 0 Å². The van der Waals surface area contributed by atoms with Gasteiger partial charge in [0.2, 0.25) is 0 Å². The highest BCUT2D eigenvalue weighted by Crippen LogP contribution is 2.34. The molecule has 1 aliphatic rings. The summed E-state index contributed by atoms with van der Waals surface area (Å²) in [6.45, 7) is 0. The molecule has 0 fully saturated rings. The maximum atomic E-state index is 5.13. The molecule has 1 heterocycles. The van der Waals surface area contributed by atoms with E-state index in [1.165, 1.54) is 22.0 Å². The van der Waals surface area contributed by atoms with Gasteiger partial charge in [-0.2, -0.15) is 0 Å². The number of hydrogen-bond acceptors (Lipinski definition) is 3. The molecule has 3 heteroatoms. The molecule has 0 saturated carbocycles. The average Bonchev–Trinajstić information content (AvgIpc) is 2.30. The molecule has 0 unspecified atom stereocenters. The second kappa shape index (κ2) is 4.80. The molecule has 1 aliphatic heterocycles. The largest absolute Gasteiger partial charge is 0.497 e. The van der Waals surface area contributed by atoms with Crippen LogP contribution >= 0.6 is 23.5 Å². The summed E-state index contributed by atoms with van der Waals surface area (Å²) in [5.41, 5.74) is 1.29. The van der Waals surface area contributed by atoms with Crippen LogP contribution in [0.5, 0.6) is 5.75 Å². The lowest BCUT2D eigenvalue weighted by Gasteiger charge is -2.12. The van der Waals surface area contributed by atoms with E-state index in [2.05, 4.69) is 17.5 Å². The van der Waals surface area contributed by atoms with Gasteiger partial charge in [0.25, 0.3) is 0 Å². The van der Waals surface area contributed by atoms with Crippen molar-refractivity contribution in [1.82, 2.24) is 0 Å². The van der Waals surface area contributed by atoms with Crippen LogP contribution in [0.15, 0.2) is 29.7 Å². The molecule has 0 bridgehead atoms. The van der Waals surface area contributed by atoms with Crippen molar-refractivity contribution in [2.75, 3.05) is 18.6 Å². The predicted octanol–water partition coefficient (Wildman–Crippen LogP) is 3.47. The summed E-state index contributed by atoms with van der Waals surface area (Å²) in [7, 11) is 1.69. The van der Waals surface area contributed by atoms with E-state index in [-0.39, 0.29) is 0 Å². The van der Waals surface area contributed by atoms with E-state index in [9.17, 15) is 0 Å². The summed E-state index contributed by atoms with van der Waals surface area (Å²) in [5.74, 6) is 3.36. The molecule has 74 valence electrons. The van der Waals surface area contributed by atoms with Crippen LogP contribution in [0.2, 0.25) is 0 Å². The van der Waals surface area contributed by atoms with Crippen molar-refractivity contribution >= 4 is 28.4 Å². The van der Waals surface area contributed by atoms with Gasteiger partial charge in [-0.15, -0.1) is 23.5 Å². The fourth-order valence-corrected chi connectivity index (χ4v) is 3.40. The number of methoxy groups -OCH3 is 1. The average molecular weight is 224 g/mol. The summed E-state index contributed by atoms with van der Waals surface area (Å²) in [6.07, 6.45) is 0. The van der Waals surface area contributed by atoms with Gasteiger partial charge in [-0.05, 0) is 23.1 Å². The van der Waals surface area contributed by atoms with Gasteiger partial charge in [0.15, 0.2) is 0 Å². The maximum absolute atomic E-state index is 5.13. The molecule has 0 radical (unpaired) electrons. The highest BCUT2D eigenvalue weighted by atomic mass is 32.2. The third kappa shape index (κ3) is 2.28. The molecule has 1 aromatic carbocycles. The molecule has 0 spiro atoms. The third-order valence-electron chi connectivity index (χ3n) is 2.02. The smallest absolute Gasteiger partial charge is 0.118 e. The minimum absolute atomic E-state index is 0.919. The predicted molar refractivity (Wildman–Crippen MR) is 65.9 cm³/mol. The summed E-state index contributed by atoms with van der Waals surface area (Å²) in [4.78, 5) is 1.38. The zero-order valence-corrected chi connectivity index (χ0v) is 9.66. The van der Waals surface area contributed by atoms with Gasteiger partial charge in [-0.1, -0.05) is 12.1 Å². The van der Waals surface area contributed by atoms with Crippen LogP contribution in [0.4, 0.5) is 0 Å². The molecule has 0 aliphatic carbocycles. The Balaban J connectivity index is 2.19. The zero-order valence-electron chi connectivity index (χ0n) is 8.03. The van der Waals surface area contributed by atoms with Crippen LogP contribution in [0.1, 0.15) is 5.56 Å². The van der Waals surface area contributed by atoms with Crippen LogP contribution in [0.25, 0.3) is 4.91 Å². The quantitative estimate of drug-likeness (QED) is 0.761. The number of thioether (sulfide) groups is 2. The molecule has 0 saturated heterocycles. The van der Waals surface area contributed by atoms with E-state index in [0.29, 0.717) is 0 Å².